The second-order valence-electron chi connectivity index (χ2n) is 9.40. The first-order valence-electron chi connectivity index (χ1n) is 12.3. The smallest absolute Gasteiger partial charge is 0.187 e. The largest absolute Gasteiger partial charge is 0.374 e. The van der Waals surface area contributed by atoms with Gasteiger partial charge in [-0.05, 0) is 47.7 Å². The fourth-order valence-corrected chi connectivity index (χ4v) is 4.61. The van der Waals surface area contributed by atoms with Crippen LogP contribution in [-0.2, 0) is 33.8 Å². The van der Waals surface area contributed by atoms with E-state index in [-0.39, 0.29) is 6.10 Å². The van der Waals surface area contributed by atoms with Gasteiger partial charge in [0.25, 0.3) is 0 Å². The van der Waals surface area contributed by atoms with Gasteiger partial charge < -0.3 is 18.8 Å². The molecule has 4 aromatic rings. The molecule has 0 radical (unpaired) electrons. The summed E-state index contributed by atoms with van der Waals surface area (Å²) in [6.07, 6.45) is 6.93. The van der Waals surface area contributed by atoms with E-state index in [2.05, 4.69) is 60.4 Å². The number of aromatic nitrogens is 2. The summed E-state index contributed by atoms with van der Waals surface area (Å²) in [7, 11) is 0. The lowest BCUT2D eigenvalue weighted by Gasteiger charge is -2.28. The molecule has 1 fully saturated rings. The van der Waals surface area contributed by atoms with Crippen LogP contribution in [-0.4, -0.2) is 34.7 Å². The first kappa shape index (κ1) is 24.7. The molecule has 0 aliphatic carbocycles. The van der Waals surface area contributed by atoms with Crippen molar-refractivity contribution in [1.29, 1.82) is 0 Å². The number of ether oxygens (including phenoxy) is 3. The van der Waals surface area contributed by atoms with Gasteiger partial charge in [-0.2, -0.15) is 0 Å². The Labute approximate surface area is 217 Å². The molecule has 0 bridgehead atoms. The first-order chi connectivity index (χ1) is 17.6. The Morgan fingerprint density at radius 2 is 1.67 bits per heavy atom. The third kappa shape index (κ3) is 6.42. The lowest BCUT2D eigenvalue weighted by atomic mass is 10.0. The zero-order chi connectivity index (χ0) is 24.8. The molecule has 1 aromatic heterocycles. The summed E-state index contributed by atoms with van der Waals surface area (Å²) >= 11 is 6.04. The standard InChI is InChI=1S/C30H31ClN2O3/c1-23-2-8-26(9-3-23)27-10-4-25(5-11-27)18-34-19-29-20-35-30(36-29,21-33-17-16-32-22-33)15-14-24-6-12-28(31)13-7-24/h2-13,16-17,22,29H,14-15,18-21H2,1H3. The van der Waals surface area contributed by atoms with Crippen LogP contribution in [0.4, 0.5) is 0 Å². The molecule has 2 unspecified atom stereocenters. The van der Waals surface area contributed by atoms with Gasteiger partial charge in [0.2, 0.25) is 0 Å². The van der Waals surface area contributed by atoms with E-state index in [0.717, 1.165) is 23.4 Å². The molecule has 5 rings (SSSR count). The predicted molar refractivity (Wildman–Crippen MR) is 142 cm³/mol. The van der Waals surface area contributed by atoms with Gasteiger partial charge in [-0.1, -0.05) is 77.8 Å². The lowest BCUT2D eigenvalue weighted by molar-refractivity contribution is -0.187. The molecule has 2 atom stereocenters. The minimum atomic E-state index is -0.718. The van der Waals surface area contributed by atoms with Gasteiger partial charge in [0.1, 0.15) is 6.10 Å². The summed E-state index contributed by atoms with van der Waals surface area (Å²) in [5.74, 6) is -0.718. The summed E-state index contributed by atoms with van der Waals surface area (Å²) in [4.78, 5) is 4.17. The van der Waals surface area contributed by atoms with Gasteiger partial charge >= 0.3 is 0 Å². The number of hydrogen-bond acceptors (Lipinski definition) is 4. The number of halogens is 1. The van der Waals surface area contributed by atoms with E-state index in [4.69, 9.17) is 25.8 Å². The van der Waals surface area contributed by atoms with Gasteiger partial charge in [0.05, 0.1) is 32.7 Å². The zero-order valence-electron chi connectivity index (χ0n) is 20.5. The van der Waals surface area contributed by atoms with Crippen molar-refractivity contribution in [3.63, 3.8) is 0 Å². The normalized spacial score (nSPS) is 19.6. The van der Waals surface area contributed by atoms with Crippen LogP contribution in [0.5, 0.6) is 0 Å². The van der Waals surface area contributed by atoms with Crippen LogP contribution in [0, 0.1) is 6.92 Å². The van der Waals surface area contributed by atoms with Crippen LogP contribution in [0.2, 0.25) is 5.02 Å². The molecule has 0 N–H and O–H groups in total. The molecule has 0 saturated carbocycles. The molecule has 0 amide bonds. The van der Waals surface area contributed by atoms with Crippen molar-refractivity contribution >= 4 is 11.6 Å². The third-order valence-electron chi connectivity index (χ3n) is 6.52. The highest BCUT2D eigenvalue weighted by Gasteiger charge is 2.41. The third-order valence-corrected chi connectivity index (χ3v) is 6.77. The molecule has 186 valence electrons. The van der Waals surface area contributed by atoms with Crippen LogP contribution >= 0.6 is 11.6 Å². The summed E-state index contributed by atoms with van der Waals surface area (Å²) in [5, 5.41) is 0.738. The SMILES string of the molecule is Cc1ccc(-c2ccc(COCC3COC(CCc4ccc(Cl)cc4)(Cn4ccnc4)O3)cc2)cc1. The summed E-state index contributed by atoms with van der Waals surface area (Å²) in [6, 6.07) is 25.0. The molecule has 36 heavy (non-hydrogen) atoms. The van der Waals surface area contributed by atoms with Crippen LogP contribution < -0.4 is 0 Å². The Kier molecular flexibility index (Phi) is 7.83. The summed E-state index contributed by atoms with van der Waals surface area (Å²) in [6.45, 7) is 4.20. The highest BCUT2D eigenvalue weighted by Crippen LogP contribution is 2.31. The molecule has 2 heterocycles. The van der Waals surface area contributed by atoms with Gasteiger partial charge in [0, 0.05) is 23.8 Å². The van der Waals surface area contributed by atoms with Crippen molar-refractivity contribution in [3.05, 3.63) is 113 Å². The van der Waals surface area contributed by atoms with Crippen molar-refractivity contribution in [3.8, 4) is 11.1 Å². The van der Waals surface area contributed by atoms with E-state index < -0.39 is 5.79 Å². The zero-order valence-corrected chi connectivity index (χ0v) is 21.2. The van der Waals surface area contributed by atoms with Crippen LogP contribution in [0.3, 0.4) is 0 Å². The monoisotopic (exact) mass is 502 g/mol. The van der Waals surface area contributed by atoms with E-state index in [0.29, 0.717) is 26.4 Å². The van der Waals surface area contributed by atoms with Crippen molar-refractivity contribution in [2.75, 3.05) is 13.2 Å². The molecule has 3 aromatic carbocycles. The van der Waals surface area contributed by atoms with Gasteiger partial charge in [-0.25, -0.2) is 4.98 Å². The number of aryl methyl sites for hydroxylation is 2. The molecule has 6 heteroatoms. The molecular formula is C30H31ClN2O3. The maximum absolute atomic E-state index is 6.47. The van der Waals surface area contributed by atoms with Crippen LogP contribution in [0.15, 0.2) is 91.5 Å². The lowest BCUT2D eigenvalue weighted by Crippen LogP contribution is -2.37. The maximum Gasteiger partial charge on any atom is 0.187 e. The van der Waals surface area contributed by atoms with E-state index in [9.17, 15) is 0 Å². The number of rotatable bonds is 10. The quantitative estimate of drug-likeness (QED) is 0.249. The summed E-state index contributed by atoms with van der Waals surface area (Å²) < 4.78 is 20.8. The fraction of sp³-hybridized carbons (Fsp3) is 0.300. The molecule has 0 spiro atoms. The number of imidazole rings is 1. The Morgan fingerprint density at radius 3 is 2.36 bits per heavy atom. The highest BCUT2D eigenvalue weighted by atomic mass is 35.5. The molecule has 5 nitrogen and oxygen atoms in total. The van der Waals surface area contributed by atoms with E-state index in [1.807, 2.05) is 35.0 Å². The molecule has 1 aliphatic rings. The number of benzene rings is 3. The van der Waals surface area contributed by atoms with Crippen molar-refractivity contribution in [2.24, 2.45) is 0 Å². The Bertz CT molecular complexity index is 1220. The van der Waals surface area contributed by atoms with Crippen molar-refractivity contribution in [2.45, 2.75) is 44.8 Å². The highest BCUT2D eigenvalue weighted by molar-refractivity contribution is 6.30. The second kappa shape index (κ2) is 11.4. The average molecular weight is 503 g/mol. The Balaban J connectivity index is 1.15. The second-order valence-corrected chi connectivity index (χ2v) is 9.84. The van der Waals surface area contributed by atoms with Gasteiger partial charge in [-0.15, -0.1) is 0 Å². The minimum absolute atomic E-state index is 0.120. The first-order valence-corrected chi connectivity index (χ1v) is 12.7. The van der Waals surface area contributed by atoms with E-state index >= 15 is 0 Å². The Hall–Kier alpha value is -2.96. The van der Waals surface area contributed by atoms with Crippen LogP contribution in [0.1, 0.15) is 23.1 Å². The number of nitrogens with zero attached hydrogens (tertiary/aromatic N) is 2. The molecule has 1 aliphatic heterocycles. The van der Waals surface area contributed by atoms with Gasteiger partial charge in [-0.3, -0.25) is 0 Å². The van der Waals surface area contributed by atoms with E-state index in [1.165, 1.54) is 22.3 Å². The molecular weight excluding hydrogens is 472 g/mol. The van der Waals surface area contributed by atoms with E-state index in [1.54, 1.807) is 12.5 Å². The van der Waals surface area contributed by atoms with Crippen molar-refractivity contribution < 1.29 is 14.2 Å². The Morgan fingerprint density at radius 1 is 0.972 bits per heavy atom. The maximum atomic E-state index is 6.47. The number of hydrogen-bond donors (Lipinski definition) is 0. The predicted octanol–water partition coefficient (Wildman–Crippen LogP) is 6.47. The fourth-order valence-electron chi connectivity index (χ4n) is 4.48. The minimum Gasteiger partial charge on any atom is -0.374 e. The van der Waals surface area contributed by atoms with Crippen LogP contribution in [0.25, 0.3) is 11.1 Å². The van der Waals surface area contributed by atoms with Gasteiger partial charge in [0.15, 0.2) is 5.79 Å². The van der Waals surface area contributed by atoms with Crippen molar-refractivity contribution in [1.82, 2.24) is 9.55 Å². The topological polar surface area (TPSA) is 45.5 Å². The molecule has 1 saturated heterocycles. The summed E-state index contributed by atoms with van der Waals surface area (Å²) in [5.41, 5.74) is 6.03. The average Bonchev–Trinajstić information content (AvgIpc) is 3.55.